The molecule has 0 saturated heterocycles. The molecule has 0 aliphatic carbocycles. The van der Waals surface area contributed by atoms with Crippen molar-refractivity contribution in [2.45, 2.75) is 52.6 Å². The quantitative estimate of drug-likeness (QED) is 0.680. The zero-order valence-electron chi connectivity index (χ0n) is 13.1. The summed E-state index contributed by atoms with van der Waals surface area (Å²) in [6, 6.07) is 6.47. The van der Waals surface area contributed by atoms with Crippen LogP contribution in [-0.2, 0) is 9.47 Å². The Labute approximate surface area is 126 Å². The van der Waals surface area contributed by atoms with Crippen molar-refractivity contribution in [1.82, 2.24) is 0 Å². The van der Waals surface area contributed by atoms with Gasteiger partial charge in [-0.3, -0.25) is 0 Å². The summed E-state index contributed by atoms with van der Waals surface area (Å²) in [5.74, 6) is -0.807. The van der Waals surface area contributed by atoms with E-state index in [1.807, 2.05) is 0 Å². The SMILES string of the molecule is CCCC(CCC)OC(=O)c1cccc(C(=O)OCC)c1. The number of hydrogen-bond donors (Lipinski definition) is 0. The topological polar surface area (TPSA) is 52.6 Å². The Kier molecular flexibility index (Phi) is 7.51. The zero-order chi connectivity index (χ0) is 15.7. The molecule has 0 amide bonds. The predicted octanol–water partition coefficient (Wildman–Crippen LogP) is 3.99. The van der Waals surface area contributed by atoms with Gasteiger partial charge in [0.1, 0.15) is 6.10 Å². The van der Waals surface area contributed by atoms with Crippen molar-refractivity contribution in [2.24, 2.45) is 0 Å². The first-order chi connectivity index (χ1) is 10.1. The van der Waals surface area contributed by atoms with E-state index < -0.39 is 5.97 Å². The highest BCUT2D eigenvalue weighted by Crippen LogP contribution is 2.14. The standard InChI is InChI=1S/C17H24O4/c1-4-8-15(9-5-2)21-17(19)14-11-7-10-13(12-14)16(18)20-6-3/h7,10-12,15H,4-6,8-9H2,1-3H3. The van der Waals surface area contributed by atoms with Gasteiger partial charge in [0, 0.05) is 0 Å². The summed E-state index contributed by atoms with van der Waals surface area (Å²) in [7, 11) is 0. The van der Waals surface area contributed by atoms with Crippen molar-refractivity contribution in [2.75, 3.05) is 6.61 Å². The van der Waals surface area contributed by atoms with Crippen LogP contribution in [0.25, 0.3) is 0 Å². The molecule has 1 aromatic rings. The van der Waals surface area contributed by atoms with Gasteiger partial charge in [-0.2, -0.15) is 0 Å². The van der Waals surface area contributed by atoms with Crippen molar-refractivity contribution in [3.05, 3.63) is 35.4 Å². The number of ether oxygens (including phenoxy) is 2. The number of hydrogen-bond acceptors (Lipinski definition) is 4. The Hall–Kier alpha value is -1.84. The lowest BCUT2D eigenvalue weighted by atomic mass is 10.1. The van der Waals surface area contributed by atoms with Gasteiger partial charge in [0.25, 0.3) is 0 Å². The fraction of sp³-hybridized carbons (Fsp3) is 0.529. The lowest BCUT2D eigenvalue weighted by molar-refractivity contribution is 0.0258. The third kappa shape index (κ3) is 5.58. The molecule has 0 saturated carbocycles. The predicted molar refractivity (Wildman–Crippen MR) is 81.4 cm³/mol. The molecule has 0 aromatic heterocycles. The van der Waals surface area contributed by atoms with E-state index in [0.717, 1.165) is 25.7 Å². The van der Waals surface area contributed by atoms with Crippen LogP contribution in [-0.4, -0.2) is 24.6 Å². The fourth-order valence-electron chi connectivity index (χ4n) is 2.11. The molecule has 0 fully saturated rings. The van der Waals surface area contributed by atoms with Gasteiger partial charge in [0.15, 0.2) is 0 Å². The van der Waals surface area contributed by atoms with Crippen LogP contribution in [0.5, 0.6) is 0 Å². The average Bonchev–Trinajstić information content (AvgIpc) is 2.48. The first-order valence-corrected chi connectivity index (χ1v) is 7.60. The number of esters is 2. The Bertz CT molecular complexity index is 462. The van der Waals surface area contributed by atoms with Crippen LogP contribution in [0.1, 0.15) is 67.2 Å². The minimum Gasteiger partial charge on any atom is -0.462 e. The second-order valence-corrected chi connectivity index (χ2v) is 4.91. The van der Waals surface area contributed by atoms with Crippen LogP contribution in [0.4, 0.5) is 0 Å². The highest BCUT2D eigenvalue weighted by Gasteiger charge is 2.16. The third-order valence-corrected chi connectivity index (χ3v) is 3.10. The molecular formula is C17H24O4. The van der Waals surface area contributed by atoms with Crippen LogP contribution in [0.15, 0.2) is 24.3 Å². The molecule has 0 radical (unpaired) electrons. The van der Waals surface area contributed by atoms with Crippen molar-refractivity contribution in [1.29, 1.82) is 0 Å². The highest BCUT2D eigenvalue weighted by atomic mass is 16.5. The Balaban J connectivity index is 2.77. The van der Waals surface area contributed by atoms with Crippen LogP contribution < -0.4 is 0 Å². The highest BCUT2D eigenvalue weighted by molar-refractivity contribution is 5.95. The molecular weight excluding hydrogens is 268 g/mol. The van der Waals surface area contributed by atoms with Gasteiger partial charge in [-0.05, 0) is 38.0 Å². The largest absolute Gasteiger partial charge is 0.462 e. The summed E-state index contributed by atoms with van der Waals surface area (Å²) in [6.07, 6.45) is 3.61. The van der Waals surface area contributed by atoms with Crippen LogP contribution in [0.2, 0.25) is 0 Å². The molecule has 1 rings (SSSR count). The summed E-state index contributed by atoms with van der Waals surface area (Å²) >= 11 is 0. The molecule has 0 spiro atoms. The van der Waals surface area contributed by atoms with Gasteiger partial charge < -0.3 is 9.47 Å². The second-order valence-electron chi connectivity index (χ2n) is 4.91. The Morgan fingerprint density at radius 3 is 2.10 bits per heavy atom. The second kappa shape index (κ2) is 9.16. The maximum absolute atomic E-state index is 12.2. The van der Waals surface area contributed by atoms with E-state index in [-0.39, 0.29) is 12.1 Å². The lowest BCUT2D eigenvalue weighted by Crippen LogP contribution is -2.18. The molecule has 0 aliphatic heterocycles. The Morgan fingerprint density at radius 2 is 1.57 bits per heavy atom. The minimum atomic E-state index is -0.425. The first-order valence-electron chi connectivity index (χ1n) is 7.60. The van der Waals surface area contributed by atoms with E-state index in [1.54, 1.807) is 25.1 Å². The first kappa shape index (κ1) is 17.2. The maximum Gasteiger partial charge on any atom is 0.338 e. The number of carbonyl (C=O) groups is 2. The summed E-state index contributed by atoms with van der Waals surface area (Å²) in [5, 5.41) is 0. The van der Waals surface area contributed by atoms with Crippen molar-refractivity contribution >= 4 is 11.9 Å². The molecule has 0 heterocycles. The molecule has 0 N–H and O–H groups in total. The van der Waals surface area contributed by atoms with Crippen LogP contribution in [0.3, 0.4) is 0 Å². The maximum atomic E-state index is 12.2. The number of rotatable bonds is 8. The molecule has 21 heavy (non-hydrogen) atoms. The summed E-state index contributed by atoms with van der Waals surface area (Å²) < 4.78 is 10.5. The van der Waals surface area contributed by atoms with Gasteiger partial charge in [-0.1, -0.05) is 32.8 Å². The summed E-state index contributed by atoms with van der Waals surface area (Å²) in [6.45, 7) is 6.19. The van der Waals surface area contributed by atoms with Gasteiger partial charge in [-0.25, -0.2) is 9.59 Å². The van der Waals surface area contributed by atoms with Crippen LogP contribution >= 0.6 is 0 Å². The molecule has 4 heteroatoms. The van der Waals surface area contributed by atoms with Crippen molar-refractivity contribution < 1.29 is 19.1 Å². The van der Waals surface area contributed by atoms with E-state index in [2.05, 4.69) is 13.8 Å². The van der Waals surface area contributed by atoms with Crippen molar-refractivity contribution in [3.8, 4) is 0 Å². The molecule has 0 bridgehead atoms. The zero-order valence-corrected chi connectivity index (χ0v) is 13.1. The molecule has 4 nitrogen and oxygen atoms in total. The van der Waals surface area contributed by atoms with Gasteiger partial charge in [0.05, 0.1) is 17.7 Å². The van der Waals surface area contributed by atoms with E-state index in [1.165, 1.54) is 6.07 Å². The van der Waals surface area contributed by atoms with Crippen molar-refractivity contribution in [3.63, 3.8) is 0 Å². The van der Waals surface area contributed by atoms with Gasteiger partial charge >= 0.3 is 11.9 Å². The van der Waals surface area contributed by atoms with E-state index in [4.69, 9.17) is 9.47 Å². The third-order valence-electron chi connectivity index (χ3n) is 3.10. The fourth-order valence-corrected chi connectivity index (χ4v) is 2.11. The molecule has 1 aromatic carbocycles. The van der Waals surface area contributed by atoms with Gasteiger partial charge in [0.2, 0.25) is 0 Å². The molecule has 0 atom stereocenters. The minimum absolute atomic E-state index is 0.0567. The van der Waals surface area contributed by atoms with Crippen LogP contribution in [0, 0.1) is 0 Å². The monoisotopic (exact) mass is 292 g/mol. The smallest absolute Gasteiger partial charge is 0.338 e. The molecule has 0 aliphatic rings. The molecule has 116 valence electrons. The number of benzene rings is 1. The summed E-state index contributed by atoms with van der Waals surface area (Å²) in [5.41, 5.74) is 0.756. The number of carbonyl (C=O) groups excluding carboxylic acids is 2. The summed E-state index contributed by atoms with van der Waals surface area (Å²) in [4.78, 5) is 23.8. The average molecular weight is 292 g/mol. The van der Waals surface area contributed by atoms with E-state index >= 15 is 0 Å². The normalized spacial score (nSPS) is 10.5. The Morgan fingerprint density at radius 1 is 1.00 bits per heavy atom. The van der Waals surface area contributed by atoms with Gasteiger partial charge in [-0.15, -0.1) is 0 Å². The van der Waals surface area contributed by atoms with E-state index in [0.29, 0.717) is 17.7 Å². The van der Waals surface area contributed by atoms with E-state index in [9.17, 15) is 9.59 Å². The molecule has 0 unspecified atom stereocenters. The lowest BCUT2D eigenvalue weighted by Gasteiger charge is -2.16.